The maximum atomic E-state index is 12.7. The number of hydrogen-bond donors (Lipinski definition) is 2. The molecule has 0 saturated heterocycles. The highest BCUT2D eigenvalue weighted by molar-refractivity contribution is 6.32. The fraction of sp³-hybridized carbons (Fsp3) is 0.0769. The molecule has 2 N–H and O–H groups in total. The molecule has 0 unspecified atom stereocenters. The van der Waals surface area contributed by atoms with Gasteiger partial charge in [0.05, 0.1) is 11.0 Å². The molecule has 2 aromatic heterocycles. The average Bonchev–Trinajstić information content (AvgIpc) is 3.44. The van der Waals surface area contributed by atoms with Gasteiger partial charge < -0.3 is 14.7 Å². The van der Waals surface area contributed by atoms with E-state index in [1.54, 1.807) is 12.1 Å². The van der Waals surface area contributed by atoms with E-state index in [0.717, 1.165) is 39.1 Å². The number of fused-ring (bicyclic) bond motifs is 1. The lowest BCUT2D eigenvalue weighted by Crippen LogP contribution is -2.10. The lowest BCUT2D eigenvalue weighted by atomic mass is 10.1. The summed E-state index contributed by atoms with van der Waals surface area (Å²) in [6.07, 6.45) is 0. The lowest BCUT2D eigenvalue weighted by molar-refractivity contribution is 0.0997. The van der Waals surface area contributed by atoms with Crippen LogP contribution < -0.4 is 5.32 Å². The summed E-state index contributed by atoms with van der Waals surface area (Å²) in [5, 5.41) is 4.19. The first-order chi connectivity index (χ1) is 15.9. The van der Waals surface area contributed by atoms with Crippen LogP contribution in [0.1, 0.15) is 21.7 Å². The van der Waals surface area contributed by atoms with E-state index in [2.05, 4.69) is 15.3 Å². The van der Waals surface area contributed by atoms with Crippen molar-refractivity contribution in [3.8, 4) is 22.7 Å². The second kappa shape index (κ2) is 8.43. The van der Waals surface area contributed by atoms with Gasteiger partial charge in [-0.2, -0.15) is 0 Å². The number of amides is 1. The Bertz CT molecular complexity index is 1460. The second-order valence-corrected chi connectivity index (χ2v) is 8.68. The van der Waals surface area contributed by atoms with Gasteiger partial charge in [0, 0.05) is 26.9 Å². The number of imidazole rings is 1. The van der Waals surface area contributed by atoms with Crippen LogP contribution in [0.4, 0.5) is 5.69 Å². The number of aromatic nitrogens is 2. The van der Waals surface area contributed by atoms with Crippen molar-refractivity contribution in [1.29, 1.82) is 0 Å². The molecule has 7 heteroatoms. The molecule has 0 saturated carbocycles. The molecule has 164 valence electrons. The first-order valence-electron chi connectivity index (χ1n) is 10.3. The molecule has 0 spiro atoms. The van der Waals surface area contributed by atoms with Crippen LogP contribution in [0.15, 0.2) is 71.1 Å². The minimum Gasteiger partial charge on any atom is -0.451 e. The standard InChI is InChI=1S/C26H19Cl2N3O2/c1-14-3-4-17(12-19(14)27)23-9-10-24(33-23)26(32)29-18-7-5-16(6-8-18)25-30-21-11-15(2)20(28)13-22(21)31-25/h3-13H,1-2H3,(H,29,32)(H,30,31). The van der Waals surface area contributed by atoms with Crippen molar-refractivity contribution in [1.82, 2.24) is 9.97 Å². The summed E-state index contributed by atoms with van der Waals surface area (Å²) >= 11 is 12.4. The quantitative estimate of drug-likeness (QED) is 0.280. The van der Waals surface area contributed by atoms with Crippen molar-refractivity contribution in [2.24, 2.45) is 0 Å². The van der Waals surface area contributed by atoms with E-state index in [0.29, 0.717) is 21.5 Å². The van der Waals surface area contributed by atoms with Gasteiger partial charge in [-0.15, -0.1) is 0 Å². The highest BCUT2D eigenvalue weighted by Crippen LogP contribution is 2.28. The van der Waals surface area contributed by atoms with Crippen LogP contribution in [0, 0.1) is 13.8 Å². The van der Waals surface area contributed by atoms with E-state index < -0.39 is 0 Å². The summed E-state index contributed by atoms with van der Waals surface area (Å²) in [5.41, 5.74) is 6.06. The molecular formula is C26H19Cl2N3O2. The molecule has 33 heavy (non-hydrogen) atoms. The fourth-order valence-electron chi connectivity index (χ4n) is 3.54. The van der Waals surface area contributed by atoms with Gasteiger partial charge in [0.1, 0.15) is 11.6 Å². The SMILES string of the molecule is Cc1ccc(-c2ccc(C(=O)Nc3ccc(-c4nc5cc(Cl)c(C)cc5[nH]4)cc3)o2)cc1Cl. The van der Waals surface area contributed by atoms with E-state index in [1.807, 2.05) is 68.4 Å². The van der Waals surface area contributed by atoms with Crippen molar-refractivity contribution in [3.05, 3.63) is 93.7 Å². The average molecular weight is 476 g/mol. The van der Waals surface area contributed by atoms with Crippen LogP contribution >= 0.6 is 23.2 Å². The van der Waals surface area contributed by atoms with Crippen LogP contribution in [0.25, 0.3) is 33.7 Å². The minimum absolute atomic E-state index is 0.218. The van der Waals surface area contributed by atoms with Crippen LogP contribution in [0.3, 0.4) is 0 Å². The van der Waals surface area contributed by atoms with E-state index >= 15 is 0 Å². The predicted molar refractivity (Wildman–Crippen MR) is 133 cm³/mol. The molecule has 5 nitrogen and oxygen atoms in total. The zero-order valence-electron chi connectivity index (χ0n) is 17.9. The first kappa shape index (κ1) is 21.3. The molecular weight excluding hydrogens is 457 g/mol. The molecule has 1 amide bonds. The van der Waals surface area contributed by atoms with Crippen molar-refractivity contribution in [2.45, 2.75) is 13.8 Å². The Morgan fingerprint density at radius 1 is 0.879 bits per heavy atom. The maximum absolute atomic E-state index is 12.7. The number of nitrogens with zero attached hydrogens (tertiary/aromatic N) is 1. The summed E-state index contributed by atoms with van der Waals surface area (Å²) < 4.78 is 5.75. The largest absolute Gasteiger partial charge is 0.451 e. The van der Waals surface area contributed by atoms with Gasteiger partial charge in [0.25, 0.3) is 5.91 Å². The van der Waals surface area contributed by atoms with Crippen LogP contribution in [-0.4, -0.2) is 15.9 Å². The van der Waals surface area contributed by atoms with E-state index in [-0.39, 0.29) is 11.7 Å². The topological polar surface area (TPSA) is 70.9 Å². The van der Waals surface area contributed by atoms with Gasteiger partial charge in [-0.05, 0) is 79.6 Å². The number of anilines is 1. The third-order valence-corrected chi connectivity index (χ3v) is 6.28. The van der Waals surface area contributed by atoms with Gasteiger partial charge in [0.15, 0.2) is 5.76 Å². The third-order valence-electron chi connectivity index (χ3n) is 5.46. The van der Waals surface area contributed by atoms with Gasteiger partial charge in [-0.25, -0.2) is 4.98 Å². The van der Waals surface area contributed by atoms with E-state index in [1.165, 1.54) is 0 Å². The fourth-order valence-corrected chi connectivity index (χ4v) is 3.88. The highest BCUT2D eigenvalue weighted by Gasteiger charge is 2.14. The lowest BCUT2D eigenvalue weighted by Gasteiger charge is -2.05. The predicted octanol–water partition coefficient (Wildman–Crippen LogP) is 7.67. The van der Waals surface area contributed by atoms with Crippen molar-refractivity contribution < 1.29 is 9.21 Å². The Balaban J connectivity index is 1.32. The molecule has 3 aromatic carbocycles. The summed E-state index contributed by atoms with van der Waals surface area (Å²) in [6.45, 7) is 3.89. The Morgan fingerprint density at radius 2 is 1.61 bits per heavy atom. The molecule has 5 aromatic rings. The Hall–Kier alpha value is -3.54. The molecule has 2 heterocycles. The molecule has 0 bridgehead atoms. The first-order valence-corrected chi connectivity index (χ1v) is 11.1. The van der Waals surface area contributed by atoms with Crippen LogP contribution in [0.5, 0.6) is 0 Å². The number of furan rings is 1. The summed E-state index contributed by atoms with van der Waals surface area (Å²) in [6, 6.07) is 20.3. The Labute approximate surface area is 200 Å². The minimum atomic E-state index is -0.332. The number of benzene rings is 3. The van der Waals surface area contributed by atoms with Crippen LogP contribution in [-0.2, 0) is 0 Å². The van der Waals surface area contributed by atoms with Gasteiger partial charge >= 0.3 is 0 Å². The molecule has 0 atom stereocenters. The molecule has 0 aliphatic heterocycles. The molecule has 0 aliphatic carbocycles. The number of aromatic amines is 1. The van der Waals surface area contributed by atoms with Gasteiger partial charge in [-0.3, -0.25) is 4.79 Å². The van der Waals surface area contributed by atoms with Crippen molar-refractivity contribution in [2.75, 3.05) is 5.32 Å². The molecule has 0 fully saturated rings. The summed E-state index contributed by atoms with van der Waals surface area (Å²) in [7, 11) is 0. The Kier molecular flexibility index (Phi) is 5.44. The van der Waals surface area contributed by atoms with Gasteiger partial charge in [-0.1, -0.05) is 35.3 Å². The number of H-pyrrole nitrogens is 1. The number of aryl methyl sites for hydroxylation is 2. The summed E-state index contributed by atoms with van der Waals surface area (Å²) in [5.74, 6) is 1.20. The molecule has 5 rings (SSSR count). The maximum Gasteiger partial charge on any atom is 0.291 e. The smallest absolute Gasteiger partial charge is 0.291 e. The van der Waals surface area contributed by atoms with Gasteiger partial charge in [0.2, 0.25) is 0 Å². The number of carbonyl (C=O) groups excluding carboxylic acids is 1. The number of nitrogens with one attached hydrogen (secondary N) is 2. The highest BCUT2D eigenvalue weighted by atomic mass is 35.5. The second-order valence-electron chi connectivity index (χ2n) is 7.86. The Morgan fingerprint density at radius 3 is 2.36 bits per heavy atom. The summed E-state index contributed by atoms with van der Waals surface area (Å²) in [4.78, 5) is 20.6. The van der Waals surface area contributed by atoms with E-state index in [4.69, 9.17) is 27.6 Å². The van der Waals surface area contributed by atoms with Crippen molar-refractivity contribution >= 4 is 45.8 Å². The zero-order valence-corrected chi connectivity index (χ0v) is 19.4. The van der Waals surface area contributed by atoms with Crippen LogP contribution in [0.2, 0.25) is 10.0 Å². The number of carbonyl (C=O) groups is 1. The number of halogens is 2. The monoisotopic (exact) mass is 475 g/mol. The third kappa shape index (κ3) is 4.25. The number of hydrogen-bond acceptors (Lipinski definition) is 3. The normalized spacial score (nSPS) is 11.2. The molecule has 0 aliphatic rings. The molecule has 0 radical (unpaired) electrons. The number of rotatable bonds is 4. The van der Waals surface area contributed by atoms with Crippen molar-refractivity contribution in [3.63, 3.8) is 0 Å². The van der Waals surface area contributed by atoms with E-state index in [9.17, 15) is 4.79 Å². The zero-order chi connectivity index (χ0) is 23.1.